The molecule has 1 aliphatic rings. The first kappa shape index (κ1) is 12.3. The second-order valence-electron chi connectivity index (χ2n) is 4.27. The van der Waals surface area contributed by atoms with Crippen molar-refractivity contribution >= 4 is 5.82 Å². The molecule has 1 heterocycles. The van der Waals surface area contributed by atoms with Crippen LogP contribution in [0.3, 0.4) is 0 Å². The Balaban J connectivity index is 1.69. The second-order valence-corrected chi connectivity index (χ2v) is 4.27. The zero-order chi connectivity index (χ0) is 11.9. The Morgan fingerprint density at radius 2 is 2.24 bits per heavy atom. The summed E-state index contributed by atoms with van der Waals surface area (Å²) in [7, 11) is 0. The fraction of sp³-hybridized carbons (Fsp3) is 0.615. The lowest BCUT2D eigenvalue weighted by Gasteiger charge is -2.07. The number of pyridine rings is 1. The van der Waals surface area contributed by atoms with Crippen LogP contribution in [0.1, 0.15) is 24.1 Å². The summed E-state index contributed by atoms with van der Waals surface area (Å²) < 4.78 is 5.18. The van der Waals surface area contributed by atoms with Gasteiger partial charge in [0, 0.05) is 18.8 Å². The van der Waals surface area contributed by atoms with E-state index >= 15 is 0 Å². The van der Waals surface area contributed by atoms with E-state index in [4.69, 9.17) is 9.84 Å². The number of anilines is 1. The van der Waals surface area contributed by atoms with Gasteiger partial charge in [-0.25, -0.2) is 4.98 Å². The lowest BCUT2D eigenvalue weighted by Crippen LogP contribution is -2.09. The molecule has 2 rings (SSSR count). The third-order valence-electron chi connectivity index (χ3n) is 2.94. The fourth-order valence-corrected chi connectivity index (χ4v) is 2.08. The van der Waals surface area contributed by atoms with Crippen molar-refractivity contribution in [2.75, 3.05) is 31.7 Å². The van der Waals surface area contributed by atoms with Crippen LogP contribution in [0, 0.1) is 0 Å². The minimum atomic E-state index is 0.0970. The van der Waals surface area contributed by atoms with Crippen LogP contribution in [0.4, 0.5) is 5.82 Å². The Bertz CT molecular complexity index is 355. The summed E-state index contributed by atoms with van der Waals surface area (Å²) in [6.45, 7) is 2.06. The Morgan fingerprint density at radius 3 is 3.12 bits per heavy atom. The van der Waals surface area contributed by atoms with Gasteiger partial charge in [0.25, 0.3) is 0 Å². The summed E-state index contributed by atoms with van der Waals surface area (Å²) >= 11 is 0. The van der Waals surface area contributed by atoms with Gasteiger partial charge >= 0.3 is 0 Å². The molecule has 0 atom stereocenters. The second kappa shape index (κ2) is 6.57. The summed E-state index contributed by atoms with van der Waals surface area (Å²) in [5.74, 6) is 0.966. The first-order valence-corrected chi connectivity index (χ1v) is 6.31. The molecule has 1 aromatic heterocycles. The Morgan fingerprint density at radius 1 is 1.29 bits per heavy atom. The van der Waals surface area contributed by atoms with Crippen molar-refractivity contribution < 1.29 is 9.84 Å². The molecule has 2 N–H and O–H groups in total. The molecule has 0 bridgehead atoms. The summed E-state index contributed by atoms with van der Waals surface area (Å²) in [4.78, 5) is 4.60. The van der Waals surface area contributed by atoms with Crippen LogP contribution in [0.5, 0.6) is 0 Å². The van der Waals surface area contributed by atoms with E-state index in [0.717, 1.165) is 25.2 Å². The molecule has 0 aromatic carbocycles. The molecule has 17 heavy (non-hydrogen) atoms. The Kier molecular flexibility index (Phi) is 4.76. The molecule has 1 aliphatic carbocycles. The maximum Gasteiger partial charge on any atom is 0.126 e. The van der Waals surface area contributed by atoms with Crippen LogP contribution in [0.25, 0.3) is 0 Å². The number of nitrogens with one attached hydrogen (secondary N) is 1. The van der Waals surface area contributed by atoms with Crippen molar-refractivity contribution in [1.29, 1.82) is 0 Å². The molecule has 0 spiro atoms. The zero-order valence-electron chi connectivity index (χ0n) is 10.1. The van der Waals surface area contributed by atoms with E-state index in [9.17, 15) is 0 Å². The van der Waals surface area contributed by atoms with E-state index in [1.165, 1.54) is 24.1 Å². The number of ether oxygens (including phenoxy) is 1. The number of rotatable bonds is 7. The highest BCUT2D eigenvalue weighted by Crippen LogP contribution is 2.21. The van der Waals surface area contributed by atoms with Crippen LogP contribution in [-0.4, -0.2) is 36.5 Å². The van der Waals surface area contributed by atoms with E-state index in [0.29, 0.717) is 13.2 Å². The molecular formula is C13H20N2O2. The lowest BCUT2D eigenvalue weighted by molar-refractivity contribution is 0.0922. The maximum absolute atomic E-state index is 8.54. The molecule has 0 saturated carbocycles. The van der Waals surface area contributed by atoms with E-state index in [1.807, 2.05) is 0 Å². The maximum atomic E-state index is 8.54. The number of aromatic nitrogens is 1. The number of hydrogen-bond donors (Lipinski definition) is 2. The molecule has 0 unspecified atom stereocenters. The monoisotopic (exact) mass is 236 g/mol. The van der Waals surface area contributed by atoms with Crippen LogP contribution in [0.15, 0.2) is 12.1 Å². The highest BCUT2D eigenvalue weighted by atomic mass is 16.5. The molecule has 0 radical (unpaired) electrons. The topological polar surface area (TPSA) is 54.4 Å². The van der Waals surface area contributed by atoms with Crippen molar-refractivity contribution in [2.24, 2.45) is 0 Å². The molecule has 4 nitrogen and oxygen atoms in total. The molecule has 4 heteroatoms. The third kappa shape index (κ3) is 3.68. The van der Waals surface area contributed by atoms with Gasteiger partial charge in [-0.05, 0) is 37.3 Å². The highest BCUT2D eigenvalue weighted by molar-refractivity contribution is 5.40. The van der Waals surface area contributed by atoms with Gasteiger partial charge in [-0.1, -0.05) is 6.07 Å². The average Bonchev–Trinajstić information content (AvgIpc) is 2.81. The molecular weight excluding hydrogens is 216 g/mol. The average molecular weight is 236 g/mol. The fourth-order valence-electron chi connectivity index (χ4n) is 2.08. The minimum absolute atomic E-state index is 0.0970. The molecule has 1 aromatic rings. The van der Waals surface area contributed by atoms with Crippen LogP contribution in [-0.2, 0) is 17.6 Å². The largest absolute Gasteiger partial charge is 0.394 e. The molecule has 0 saturated heterocycles. The van der Waals surface area contributed by atoms with Crippen molar-refractivity contribution in [3.63, 3.8) is 0 Å². The van der Waals surface area contributed by atoms with Gasteiger partial charge in [0.05, 0.1) is 13.2 Å². The van der Waals surface area contributed by atoms with Gasteiger partial charge in [0.2, 0.25) is 0 Å². The smallest absolute Gasteiger partial charge is 0.126 e. The normalized spacial score (nSPS) is 13.7. The SMILES string of the molecule is OCCOCCCNc1ccc2c(n1)CCC2. The molecule has 0 fully saturated rings. The minimum Gasteiger partial charge on any atom is -0.394 e. The predicted octanol–water partition coefficient (Wildman–Crippen LogP) is 1.38. The number of nitrogens with zero attached hydrogens (tertiary/aromatic N) is 1. The first-order chi connectivity index (χ1) is 8.40. The summed E-state index contributed by atoms with van der Waals surface area (Å²) in [5.41, 5.74) is 2.66. The summed E-state index contributed by atoms with van der Waals surface area (Å²) in [6, 6.07) is 4.23. The number of aliphatic hydroxyl groups excluding tert-OH is 1. The lowest BCUT2D eigenvalue weighted by atomic mass is 10.2. The van der Waals surface area contributed by atoms with E-state index < -0.39 is 0 Å². The summed E-state index contributed by atoms with van der Waals surface area (Å²) in [6.07, 6.45) is 4.46. The van der Waals surface area contributed by atoms with Crippen LogP contribution < -0.4 is 5.32 Å². The number of aliphatic hydroxyl groups is 1. The predicted molar refractivity (Wildman–Crippen MR) is 67.3 cm³/mol. The van der Waals surface area contributed by atoms with E-state index in [1.54, 1.807) is 0 Å². The standard InChI is InChI=1S/C13H20N2O2/c16-8-10-17-9-2-7-14-13-6-5-11-3-1-4-12(11)15-13/h5-6,16H,1-4,7-10H2,(H,14,15). The highest BCUT2D eigenvalue weighted by Gasteiger charge is 2.11. The van der Waals surface area contributed by atoms with Crippen molar-refractivity contribution in [3.8, 4) is 0 Å². The molecule has 0 amide bonds. The van der Waals surface area contributed by atoms with Gasteiger partial charge in [-0.2, -0.15) is 0 Å². The van der Waals surface area contributed by atoms with E-state index in [2.05, 4.69) is 22.4 Å². The van der Waals surface area contributed by atoms with E-state index in [-0.39, 0.29) is 6.61 Å². The van der Waals surface area contributed by atoms with Gasteiger partial charge in [0.1, 0.15) is 5.82 Å². The Labute approximate surface area is 102 Å². The van der Waals surface area contributed by atoms with Crippen molar-refractivity contribution in [2.45, 2.75) is 25.7 Å². The van der Waals surface area contributed by atoms with Crippen LogP contribution in [0.2, 0.25) is 0 Å². The van der Waals surface area contributed by atoms with Gasteiger partial charge in [0.15, 0.2) is 0 Å². The zero-order valence-corrected chi connectivity index (χ0v) is 10.1. The first-order valence-electron chi connectivity index (χ1n) is 6.31. The van der Waals surface area contributed by atoms with Crippen LogP contribution >= 0.6 is 0 Å². The summed E-state index contributed by atoms with van der Waals surface area (Å²) in [5, 5.41) is 11.8. The van der Waals surface area contributed by atoms with Crippen molar-refractivity contribution in [3.05, 3.63) is 23.4 Å². The number of hydrogen-bond acceptors (Lipinski definition) is 4. The Hall–Kier alpha value is -1.13. The third-order valence-corrected chi connectivity index (χ3v) is 2.94. The number of fused-ring (bicyclic) bond motifs is 1. The number of aryl methyl sites for hydroxylation is 2. The molecule has 0 aliphatic heterocycles. The quantitative estimate of drug-likeness (QED) is 0.702. The van der Waals surface area contributed by atoms with Crippen molar-refractivity contribution in [1.82, 2.24) is 4.98 Å². The van der Waals surface area contributed by atoms with Gasteiger partial charge in [-0.3, -0.25) is 0 Å². The molecule has 94 valence electrons. The van der Waals surface area contributed by atoms with Gasteiger partial charge < -0.3 is 15.2 Å². The van der Waals surface area contributed by atoms with Gasteiger partial charge in [-0.15, -0.1) is 0 Å².